The average molecular weight is 164 g/mol. The van der Waals surface area contributed by atoms with Crippen molar-refractivity contribution in [3.8, 4) is 0 Å². The van der Waals surface area contributed by atoms with E-state index in [0.29, 0.717) is 12.5 Å². The van der Waals surface area contributed by atoms with Gasteiger partial charge in [-0.15, -0.1) is 12.4 Å². The van der Waals surface area contributed by atoms with E-state index in [1.54, 1.807) is 0 Å². The Bertz CT molecular complexity index is 151. The quantitative estimate of drug-likeness (QED) is 0.503. The number of hydrogen-bond acceptors (Lipinski definition) is 3. The number of carbonyl (C=O) groups excluding carboxylic acids is 1. The predicted octanol–water partition coefficient (Wildman–Crippen LogP) is -0.199. The number of fused-ring (bicyclic) bond motifs is 1. The molecule has 0 bridgehead atoms. The van der Waals surface area contributed by atoms with Crippen LogP contribution in [0.2, 0.25) is 0 Å². The SMILES string of the molecule is Cl.O=C1OCC2CNCC12. The van der Waals surface area contributed by atoms with Crippen molar-refractivity contribution in [3.05, 3.63) is 0 Å². The molecule has 2 saturated heterocycles. The summed E-state index contributed by atoms with van der Waals surface area (Å²) in [5, 5.41) is 3.15. The highest BCUT2D eigenvalue weighted by Crippen LogP contribution is 2.24. The molecule has 3 nitrogen and oxygen atoms in total. The van der Waals surface area contributed by atoms with E-state index in [4.69, 9.17) is 4.74 Å². The highest BCUT2D eigenvalue weighted by Gasteiger charge is 2.39. The van der Waals surface area contributed by atoms with Crippen molar-refractivity contribution in [1.82, 2.24) is 5.32 Å². The normalized spacial score (nSPS) is 36.6. The molecular weight excluding hydrogens is 154 g/mol. The van der Waals surface area contributed by atoms with Crippen LogP contribution < -0.4 is 5.32 Å². The summed E-state index contributed by atoms with van der Waals surface area (Å²) in [6, 6.07) is 0. The van der Waals surface area contributed by atoms with Crippen molar-refractivity contribution in [2.45, 2.75) is 0 Å². The maximum atomic E-state index is 10.8. The van der Waals surface area contributed by atoms with Gasteiger partial charge in [-0.25, -0.2) is 0 Å². The summed E-state index contributed by atoms with van der Waals surface area (Å²) in [5.41, 5.74) is 0. The summed E-state index contributed by atoms with van der Waals surface area (Å²) in [5.74, 6) is 0.632. The molecule has 2 unspecified atom stereocenters. The molecule has 4 heteroatoms. The topological polar surface area (TPSA) is 38.3 Å². The minimum atomic E-state index is -0.00926. The molecule has 2 fully saturated rings. The largest absolute Gasteiger partial charge is 0.465 e. The molecule has 0 aromatic rings. The molecule has 2 atom stereocenters. The van der Waals surface area contributed by atoms with Gasteiger partial charge in [-0.1, -0.05) is 0 Å². The third-order valence-electron chi connectivity index (χ3n) is 2.08. The van der Waals surface area contributed by atoms with Crippen molar-refractivity contribution < 1.29 is 9.53 Å². The first kappa shape index (κ1) is 7.82. The van der Waals surface area contributed by atoms with E-state index >= 15 is 0 Å². The number of carbonyl (C=O) groups is 1. The number of esters is 1. The van der Waals surface area contributed by atoms with Gasteiger partial charge >= 0.3 is 5.97 Å². The number of hydrogen-bond donors (Lipinski definition) is 1. The second-order valence-electron chi connectivity index (χ2n) is 2.65. The van der Waals surface area contributed by atoms with Crippen LogP contribution in [0.4, 0.5) is 0 Å². The molecule has 1 N–H and O–H groups in total. The molecule has 58 valence electrons. The lowest BCUT2D eigenvalue weighted by Crippen LogP contribution is -2.15. The highest BCUT2D eigenvalue weighted by atomic mass is 35.5. The molecule has 0 aliphatic carbocycles. The van der Waals surface area contributed by atoms with Gasteiger partial charge in [0.15, 0.2) is 0 Å². The van der Waals surface area contributed by atoms with Gasteiger partial charge in [-0.2, -0.15) is 0 Å². The van der Waals surface area contributed by atoms with Crippen molar-refractivity contribution in [2.24, 2.45) is 11.8 Å². The minimum Gasteiger partial charge on any atom is -0.465 e. The van der Waals surface area contributed by atoms with E-state index in [0.717, 1.165) is 13.1 Å². The molecule has 0 radical (unpaired) electrons. The van der Waals surface area contributed by atoms with E-state index in [-0.39, 0.29) is 24.3 Å². The maximum Gasteiger partial charge on any atom is 0.310 e. The van der Waals surface area contributed by atoms with Crippen LogP contribution in [0.1, 0.15) is 0 Å². The van der Waals surface area contributed by atoms with E-state index in [1.807, 2.05) is 0 Å². The zero-order chi connectivity index (χ0) is 6.27. The lowest BCUT2D eigenvalue weighted by Gasteiger charge is -1.96. The number of nitrogens with one attached hydrogen (secondary N) is 1. The number of cyclic esters (lactones) is 1. The molecule has 0 spiro atoms. The van der Waals surface area contributed by atoms with Gasteiger partial charge < -0.3 is 10.1 Å². The summed E-state index contributed by atoms with van der Waals surface area (Å²) in [7, 11) is 0. The van der Waals surface area contributed by atoms with Gasteiger partial charge in [0.2, 0.25) is 0 Å². The third kappa shape index (κ3) is 0.995. The standard InChI is InChI=1S/C6H9NO2.ClH/c8-6-5-2-7-1-4(5)3-9-6;/h4-5,7H,1-3H2;1H. The van der Waals surface area contributed by atoms with Crippen LogP contribution >= 0.6 is 12.4 Å². The second kappa shape index (κ2) is 2.76. The van der Waals surface area contributed by atoms with Crippen LogP contribution in [-0.4, -0.2) is 25.7 Å². The number of ether oxygens (including phenoxy) is 1. The Morgan fingerprint density at radius 2 is 2.30 bits per heavy atom. The van der Waals surface area contributed by atoms with Crippen molar-refractivity contribution in [1.29, 1.82) is 0 Å². The van der Waals surface area contributed by atoms with Crippen LogP contribution in [0.15, 0.2) is 0 Å². The van der Waals surface area contributed by atoms with E-state index in [1.165, 1.54) is 0 Å². The van der Waals surface area contributed by atoms with Gasteiger partial charge in [0.05, 0.1) is 12.5 Å². The lowest BCUT2D eigenvalue weighted by atomic mass is 10.0. The number of rotatable bonds is 0. The monoisotopic (exact) mass is 163 g/mol. The molecule has 10 heavy (non-hydrogen) atoms. The Kier molecular flexibility index (Phi) is 2.16. The summed E-state index contributed by atoms with van der Waals surface area (Å²) < 4.78 is 4.84. The summed E-state index contributed by atoms with van der Waals surface area (Å²) >= 11 is 0. The first-order valence-corrected chi connectivity index (χ1v) is 3.25. The third-order valence-corrected chi connectivity index (χ3v) is 2.08. The van der Waals surface area contributed by atoms with Gasteiger partial charge in [-0.3, -0.25) is 4.79 Å². The summed E-state index contributed by atoms with van der Waals surface area (Å²) in [4.78, 5) is 10.8. The Balaban J connectivity index is 0.000000500. The first-order valence-electron chi connectivity index (χ1n) is 3.25. The van der Waals surface area contributed by atoms with Crippen LogP contribution in [0.5, 0.6) is 0 Å². The summed E-state index contributed by atoms with van der Waals surface area (Å²) in [6.45, 7) is 2.41. The van der Waals surface area contributed by atoms with Crippen molar-refractivity contribution >= 4 is 18.4 Å². The van der Waals surface area contributed by atoms with Crippen LogP contribution in [0.3, 0.4) is 0 Å². The van der Waals surface area contributed by atoms with Gasteiger partial charge in [0, 0.05) is 19.0 Å². The van der Waals surface area contributed by atoms with Gasteiger partial charge in [0.25, 0.3) is 0 Å². The Hall–Kier alpha value is -0.280. The Morgan fingerprint density at radius 3 is 3.00 bits per heavy atom. The molecule has 0 aromatic heterocycles. The first-order chi connectivity index (χ1) is 4.38. The fraction of sp³-hybridized carbons (Fsp3) is 0.833. The Labute approximate surface area is 65.5 Å². The van der Waals surface area contributed by atoms with E-state index < -0.39 is 0 Å². The predicted molar refractivity (Wildman–Crippen MR) is 38.1 cm³/mol. The van der Waals surface area contributed by atoms with Crippen LogP contribution in [-0.2, 0) is 9.53 Å². The zero-order valence-electron chi connectivity index (χ0n) is 5.50. The number of halogens is 1. The van der Waals surface area contributed by atoms with Gasteiger partial charge in [-0.05, 0) is 0 Å². The molecule has 2 rings (SSSR count). The fourth-order valence-corrected chi connectivity index (χ4v) is 1.48. The van der Waals surface area contributed by atoms with Gasteiger partial charge in [0.1, 0.15) is 0 Å². The van der Waals surface area contributed by atoms with E-state index in [2.05, 4.69) is 5.32 Å². The molecule has 2 aliphatic rings. The minimum absolute atomic E-state index is 0. The fourth-order valence-electron chi connectivity index (χ4n) is 1.48. The zero-order valence-corrected chi connectivity index (χ0v) is 6.32. The molecular formula is C6H10ClNO2. The van der Waals surface area contributed by atoms with Crippen molar-refractivity contribution in [2.75, 3.05) is 19.7 Å². The average Bonchev–Trinajstić information content (AvgIpc) is 2.35. The van der Waals surface area contributed by atoms with Crippen LogP contribution in [0, 0.1) is 11.8 Å². The maximum absolute atomic E-state index is 10.8. The lowest BCUT2D eigenvalue weighted by molar-refractivity contribution is -0.141. The second-order valence-corrected chi connectivity index (χ2v) is 2.65. The Morgan fingerprint density at radius 1 is 1.50 bits per heavy atom. The van der Waals surface area contributed by atoms with Crippen LogP contribution in [0.25, 0.3) is 0 Å². The molecule has 0 aromatic carbocycles. The molecule has 2 heterocycles. The molecule has 0 amide bonds. The highest BCUT2D eigenvalue weighted by molar-refractivity contribution is 5.85. The summed E-state index contributed by atoms with van der Waals surface area (Å²) in [6.07, 6.45) is 0. The van der Waals surface area contributed by atoms with E-state index in [9.17, 15) is 4.79 Å². The molecule has 2 aliphatic heterocycles. The smallest absolute Gasteiger partial charge is 0.310 e. The molecule has 0 saturated carbocycles. The van der Waals surface area contributed by atoms with Crippen molar-refractivity contribution in [3.63, 3.8) is 0 Å².